The first-order valence-corrected chi connectivity index (χ1v) is 11.7. The van der Waals surface area contributed by atoms with Crippen LogP contribution in [0.3, 0.4) is 0 Å². The molecule has 0 aromatic carbocycles. The standard InChI is InChI=1S/C23H31N7OS/c1-4-17(2)7-5-9-20(24-3)30-13-10-19(11-14-30)26-22-28-29-23(32-22)27-21(31)15-18-8-6-12-25-16-18/h5-9,12,16,19H,4,10-11,13-15H2,1-3H3,(H,26,28)(H,27,29,31)/b9-5-,17-7+,24-20+. The lowest BCUT2D eigenvalue weighted by molar-refractivity contribution is -0.115. The van der Waals surface area contributed by atoms with Gasteiger partial charge < -0.3 is 15.5 Å². The number of aromatic nitrogens is 3. The van der Waals surface area contributed by atoms with Gasteiger partial charge in [0, 0.05) is 38.6 Å². The Labute approximate surface area is 193 Å². The molecule has 1 amide bonds. The van der Waals surface area contributed by atoms with Crippen LogP contribution >= 0.6 is 11.3 Å². The number of likely N-dealkylation sites (tertiary alicyclic amines) is 1. The maximum absolute atomic E-state index is 12.2. The number of aliphatic imine (C=N–C) groups is 1. The van der Waals surface area contributed by atoms with Gasteiger partial charge in [0.15, 0.2) is 0 Å². The summed E-state index contributed by atoms with van der Waals surface area (Å²) in [6.45, 7) is 6.15. The molecule has 0 spiro atoms. The zero-order valence-electron chi connectivity index (χ0n) is 18.9. The molecule has 9 heteroatoms. The van der Waals surface area contributed by atoms with Crippen molar-refractivity contribution in [1.82, 2.24) is 20.1 Å². The van der Waals surface area contributed by atoms with Gasteiger partial charge >= 0.3 is 0 Å². The minimum absolute atomic E-state index is 0.127. The lowest BCUT2D eigenvalue weighted by Crippen LogP contribution is -2.41. The second-order valence-corrected chi connectivity index (χ2v) is 8.69. The molecule has 32 heavy (non-hydrogen) atoms. The van der Waals surface area contributed by atoms with Crippen molar-refractivity contribution in [2.24, 2.45) is 4.99 Å². The highest BCUT2D eigenvalue weighted by molar-refractivity contribution is 7.19. The van der Waals surface area contributed by atoms with E-state index in [0.29, 0.717) is 11.2 Å². The number of nitrogens with one attached hydrogen (secondary N) is 2. The van der Waals surface area contributed by atoms with Crippen molar-refractivity contribution in [2.75, 3.05) is 30.8 Å². The smallest absolute Gasteiger partial charge is 0.230 e. The van der Waals surface area contributed by atoms with Crippen molar-refractivity contribution in [3.05, 3.63) is 53.9 Å². The molecule has 1 aliphatic heterocycles. The molecule has 0 bridgehead atoms. The molecule has 0 radical (unpaired) electrons. The van der Waals surface area contributed by atoms with Crippen LogP contribution in [0.4, 0.5) is 10.3 Å². The first-order chi connectivity index (χ1) is 15.6. The molecule has 0 atom stereocenters. The Bertz CT molecular complexity index is 960. The van der Waals surface area contributed by atoms with Crippen molar-refractivity contribution in [3.8, 4) is 0 Å². The van der Waals surface area contributed by atoms with Crippen LogP contribution in [-0.2, 0) is 11.2 Å². The van der Waals surface area contributed by atoms with Crippen molar-refractivity contribution < 1.29 is 4.79 Å². The van der Waals surface area contributed by atoms with Gasteiger partial charge in [0.2, 0.25) is 16.2 Å². The molecule has 2 N–H and O–H groups in total. The molecule has 1 fully saturated rings. The minimum Gasteiger partial charge on any atom is -0.357 e. The van der Waals surface area contributed by atoms with Crippen LogP contribution in [0.15, 0.2) is 53.3 Å². The first-order valence-electron chi connectivity index (χ1n) is 10.9. The van der Waals surface area contributed by atoms with Gasteiger partial charge in [0.25, 0.3) is 0 Å². The SMILES string of the molecule is CC/C(C)=C/C=C\C(=N/C)N1CCC(Nc2nnc(NC(=O)Cc3cccnc3)s2)CC1. The molecular weight excluding hydrogens is 422 g/mol. The Balaban J connectivity index is 1.45. The third-order valence-corrected chi connectivity index (χ3v) is 6.09. The number of carbonyl (C=O) groups is 1. The van der Waals surface area contributed by atoms with E-state index >= 15 is 0 Å². The van der Waals surface area contributed by atoms with Crippen LogP contribution in [0.1, 0.15) is 38.7 Å². The van der Waals surface area contributed by atoms with E-state index < -0.39 is 0 Å². The largest absolute Gasteiger partial charge is 0.357 e. The number of amidine groups is 1. The van der Waals surface area contributed by atoms with Crippen LogP contribution in [-0.4, -0.2) is 58.0 Å². The molecule has 3 rings (SSSR count). The Kier molecular flexibility index (Phi) is 8.91. The van der Waals surface area contributed by atoms with Crippen molar-refractivity contribution in [3.63, 3.8) is 0 Å². The molecule has 8 nitrogen and oxygen atoms in total. The summed E-state index contributed by atoms with van der Waals surface area (Å²) in [6.07, 6.45) is 13.0. The normalized spacial score (nSPS) is 15.9. The quantitative estimate of drug-likeness (QED) is 0.357. The molecule has 2 aromatic rings. The molecule has 1 aliphatic rings. The number of rotatable bonds is 8. The summed E-state index contributed by atoms with van der Waals surface area (Å²) >= 11 is 1.36. The van der Waals surface area contributed by atoms with E-state index in [9.17, 15) is 4.79 Å². The maximum Gasteiger partial charge on any atom is 0.230 e. The molecule has 170 valence electrons. The van der Waals surface area contributed by atoms with Crippen LogP contribution in [0.25, 0.3) is 0 Å². The number of hydrogen-bond donors (Lipinski definition) is 2. The van der Waals surface area contributed by atoms with E-state index in [0.717, 1.165) is 48.9 Å². The van der Waals surface area contributed by atoms with E-state index in [1.807, 2.05) is 19.2 Å². The van der Waals surface area contributed by atoms with Gasteiger partial charge in [-0.25, -0.2) is 0 Å². The molecule has 0 aliphatic carbocycles. The van der Waals surface area contributed by atoms with Crippen molar-refractivity contribution in [2.45, 2.75) is 45.6 Å². The molecular formula is C23H31N7OS. The fraction of sp³-hybridized carbons (Fsp3) is 0.435. The zero-order valence-corrected chi connectivity index (χ0v) is 19.7. The van der Waals surface area contributed by atoms with Crippen molar-refractivity contribution in [1.29, 1.82) is 0 Å². The third kappa shape index (κ3) is 7.26. The third-order valence-electron chi connectivity index (χ3n) is 5.32. The summed E-state index contributed by atoms with van der Waals surface area (Å²) in [5.41, 5.74) is 2.21. The molecule has 3 heterocycles. The predicted molar refractivity (Wildman–Crippen MR) is 131 cm³/mol. The zero-order chi connectivity index (χ0) is 22.8. The Morgan fingerprint density at radius 1 is 1.31 bits per heavy atom. The Morgan fingerprint density at radius 2 is 2.09 bits per heavy atom. The average Bonchev–Trinajstić information content (AvgIpc) is 3.24. The summed E-state index contributed by atoms with van der Waals surface area (Å²) in [4.78, 5) is 23.0. The lowest BCUT2D eigenvalue weighted by atomic mass is 10.1. The molecule has 0 saturated carbocycles. The number of nitrogens with zero attached hydrogens (tertiary/aromatic N) is 5. The van der Waals surface area contributed by atoms with Gasteiger partial charge in [-0.15, -0.1) is 10.2 Å². The highest BCUT2D eigenvalue weighted by Crippen LogP contribution is 2.23. The molecule has 1 saturated heterocycles. The monoisotopic (exact) mass is 453 g/mol. The number of anilines is 2. The van der Waals surface area contributed by atoms with Crippen LogP contribution < -0.4 is 10.6 Å². The number of amides is 1. The van der Waals surface area contributed by atoms with Gasteiger partial charge in [-0.05, 0) is 43.9 Å². The average molecular weight is 454 g/mol. The fourth-order valence-corrected chi connectivity index (χ4v) is 4.09. The number of carbonyl (C=O) groups excluding carboxylic acids is 1. The second kappa shape index (κ2) is 12.1. The molecule has 2 aromatic heterocycles. The molecule has 0 unspecified atom stereocenters. The van der Waals surface area contributed by atoms with Crippen LogP contribution in [0, 0.1) is 0 Å². The van der Waals surface area contributed by atoms with E-state index in [-0.39, 0.29) is 12.3 Å². The lowest BCUT2D eigenvalue weighted by Gasteiger charge is -2.33. The summed E-state index contributed by atoms with van der Waals surface area (Å²) in [6, 6.07) is 4.01. The highest BCUT2D eigenvalue weighted by Gasteiger charge is 2.21. The van der Waals surface area contributed by atoms with Gasteiger partial charge in [-0.2, -0.15) is 0 Å². The van der Waals surface area contributed by atoms with E-state index in [1.165, 1.54) is 16.9 Å². The van der Waals surface area contributed by atoms with E-state index in [2.05, 4.69) is 67.8 Å². The number of pyridine rings is 1. The topological polar surface area (TPSA) is 95.4 Å². The van der Waals surface area contributed by atoms with E-state index in [4.69, 9.17) is 0 Å². The summed E-state index contributed by atoms with van der Waals surface area (Å²) in [5, 5.41) is 15.8. The second-order valence-electron chi connectivity index (χ2n) is 7.71. The van der Waals surface area contributed by atoms with E-state index in [1.54, 1.807) is 12.4 Å². The van der Waals surface area contributed by atoms with Crippen molar-refractivity contribution >= 4 is 33.3 Å². The number of allylic oxidation sites excluding steroid dienone is 3. The van der Waals surface area contributed by atoms with Gasteiger partial charge in [0.1, 0.15) is 5.84 Å². The summed E-state index contributed by atoms with van der Waals surface area (Å²) < 4.78 is 0. The van der Waals surface area contributed by atoms with Crippen LogP contribution in [0.5, 0.6) is 0 Å². The fourth-order valence-electron chi connectivity index (χ4n) is 3.35. The Morgan fingerprint density at radius 3 is 2.78 bits per heavy atom. The van der Waals surface area contributed by atoms with Gasteiger partial charge in [-0.3, -0.25) is 14.8 Å². The summed E-state index contributed by atoms with van der Waals surface area (Å²) in [7, 11) is 1.84. The Hall–Kier alpha value is -3.07. The van der Waals surface area contributed by atoms with Gasteiger partial charge in [0.05, 0.1) is 6.42 Å². The minimum atomic E-state index is -0.127. The maximum atomic E-state index is 12.2. The van der Waals surface area contributed by atoms with Crippen LogP contribution in [0.2, 0.25) is 0 Å². The number of piperidine rings is 1. The van der Waals surface area contributed by atoms with Gasteiger partial charge in [-0.1, -0.05) is 42.1 Å². The number of hydrogen-bond acceptors (Lipinski definition) is 7. The highest BCUT2D eigenvalue weighted by atomic mass is 32.1. The summed E-state index contributed by atoms with van der Waals surface area (Å²) in [5.74, 6) is 0.885. The first kappa shape index (κ1) is 23.6. The predicted octanol–water partition coefficient (Wildman–Crippen LogP) is 3.93.